The standard InChI is InChI=1S/C20H22F3N7O2/c1-11(2)8-15(19(32)28-16-6-7-25-29-16)27-18(31)14-10-26-30(12(14)3)17-5-4-13(9-24-17)20(21,22)23/h4-7,9-11,15H,8H2,1-3H3,(H,27,31)(H2,25,28,29,32). The summed E-state index contributed by atoms with van der Waals surface area (Å²) in [6.07, 6.45) is -0.645. The predicted octanol–water partition coefficient (Wildman–Crippen LogP) is 3.10. The number of nitrogens with zero attached hydrogens (tertiary/aromatic N) is 4. The van der Waals surface area contributed by atoms with E-state index >= 15 is 0 Å². The number of hydrogen-bond acceptors (Lipinski definition) is 5. The van der Waals surface area contributed by atoms with Gasteiger partial charge in [-0.1, -0.05) is 13.8 Å². The van der Waals surface area contributed by atoms with Crippen LogP contribution in [-0.2, 0) is 11.0 Å². The molecule has 0 spiro atoms. The van der Waals surface area contributed by atoms with Gasteiger partial charge in [0.25, 0.3) is 5.91 Å². The number of amides is 2. The second-order valence-corrected chi connectivity index (χ2v) is 7.57. The summed E-state index contributed by atoms with van der Waals surface area (Å²) >= 11 is 0. The molecule has 0 saturated carbocycles. The van der Waals surface area contributed by atoms with Crippen molar-refractivity contribution in [3.05, 3.63) is 53.6 Å². The summed E-state index contributed by atoms with van der Waals surface area (Å²) < 4.78 is 39.5. The van der Waals surface area contributed by atoms with E-state index in [1.807, 2.05) is 13.8 Å². The van der Waals surface area contributed by atoms with Crippen molar-refractivity contribution in [1.82, 2.24) is 30.3 Å². The summed E-state index contributed by atoms with van der Waals surface area (Å²) in [5.41, 5.74) is -0.342. The number of carbonyl (C=O) groups is 2. The fourth-order valence-electron chi connectivity index (χ4n) is 3.03. The van der Waals surface area contributed by atoms with Gasteiger partial charge in [0.05, 0.1) is 29.2 Å². The number of nitrogens with one attached hydrogen (secondary N) is 3. The zero-order valence-electron chi connectivity index (χ0n) is 17.6. The molecule has 3 heterocycles. The molecule has 3 aromatic rings. The van der Waals surface area contributed by atoms with Crippen molar-refractivity contribution in [1.29, 1.82) is 0 Å². The van der Waals surface area contributed by atoms with E-state index in [2.05, 4.69) is 30.9 Å². The van der Waals surface area contributed by atoms with Crippen molar-refractivity contribution >= 4 is 17.6 Å². The highest BCUT2D eigenvalue weighted by Crippen LogP contribution is 2.28. The SMILES string of the molecule is Cc1c(C(=O)NC(CC(C)C)C(=O)Nc2ccn[nH]2)cnn1-c1ccc(C(F)(F)F)cn1. The van der Waals surface area contributed by atoms with E-state index in [9.17, 15) is 22.8 Å². The zero-order valence-corrected chi connectivity index (χ0v) is 17.6. The molecule has 32 heavy (non-hydrogen) atoms. The number of halogens is 3. The highest BCUT2D eigenvalue weighted by molar-refractivity contribution is 6.01. The molecule has 0 radical (unpaired) electrons. The molecule has 9 nitrogen and oxygen atoms in total. The molecule has 3 rings (SSSR count). The molecule has 3 N–H and O–H groups in total. The first-order valence-corrected chi connectivity index (χ1v) is 9.75. The van der Waals surface area contributed by atoms with Gasteiger partial charge >= 0.3 is 6.18 Å². The number of alkyl halides is 3. The van der Waals surface area contributed by atoms with Crippen molar-refractivity contribution in [3.8, 4) is 5.82 Å². The fourth-order valence-corrected chi connectivity index (χ4v) is 3.03. The first-order chi connectivity index (χ1) is 15.1. The topological polar surface area (TPSA) is 118 Å². The number of H-pyrrole nitrogens is 1. The highest BCUT2D eigenvalue weighted by Gasteiger charge is 2.31. The molecule has 0 fully saturated rings. The van der Waals surface area contributed by atoms with E-state index in [0.29, 0.717) is 24.1 Å². The molecule has 2 amide bonds. The lowest BCUT2D eigenvalue weighted by Gasteiger charge is -2.19. The normalized spacial score (nSPS) is 12.6. The van der Waals surface area contributed by atoms with Crippen LogP contribution in [0.3, 0.4) is 0 Å². The number of aromatic nitrogens is 5. The Morgan fingerprint density at radius 1 is 1.19 bits per heavy atom. The fraction of sp³-hybridized carbons (Fsp3) is 0.350. The molecule has 0 saturated heterocycles. The summed E-state index contributed by atoms with van der Waals surface area (Å²) in [7, 11) is 0. The molecular weight excluding hydrogens is 427 g/mol. The summed E-state index contributed by atoms with van der Waals surface area (Å²) in [6.45, 7) is 5.42. The van der Waals surface area contributed by atoms with Gasteiger partial charge in [-0.15, -0.1) is 0 Å². The first kappa shape index (κ1) is 23.0. The Morgan fingerprint density at radius 3 is 2.50 bits per heavy atom. The van der Waals surface area contributed by atoms with Crippen LogP contribution in [0.5, 0.6) is 0 Å². The quantitative estimate of drug-likeness (QED) is 0.512. The van der Waals surface area contributed by atoms with Crippen LogP contribution in [0.1, 0.15) is 41.9 Å². The Labute approximate surface area is 181 Å². The minimum atomic E-state index is -4.50. The number of hydrogen-bond donors (Lipinski definition) is 3. The predicted molar refractivity (Wildman–Crippen MR) is 109 cm³/mol. The van der Waals surface area contributed by atoms with E-state index in [1.54, 1.807) is 13.0 Å². The molecule has 12 heteroatoms. The van der Waals surface area contributed by atoms with Crippen molar-refractivity contribution in [2.24, 2.45) is 5.92 Å². The summed E-state index contributed by atoms with van der Waals surface area (Å²) in [6, 6.07) is 2.82. The van der Waals surface area contributed by atoms with Crippen molar-refractivity contribution in [2.45, 2.75) is 39.4 Å². The maximum absolute atomic E-state index is 12.9. The smallest absolute Gasteiger partial charge is 0.340 e. The van der Waals surface area contributed by atoms with Gasteiger partial charge < -0.3 is 10.6 Å². The molecule has 1 atom stereocenters. The van der Waals surface area contributed by atoms with E-state index < -0.39 is 29.6 Å². The summed E-state index contributed by atoms with van der Waals surface area (Å²) in [4.78, 5) is 29.3. The third kappa shape index (κ3) is 5.31. The van der Waals surface area contributed by atoms with Crippen LogP contribution in [0.25, 0.3) is 5.82 Å². The minimum Gasteiger partial charge on any atom is -0.340 e. The lowest BCUT2D eigenvalue weighted by atomic mass is 10.0. The van der Waals surface area contributed by atoms with Crippen LogP contribution in [-0.4, -0.2) is 42.8 Å². The van der Waals surface area contributed by atoms with Gasteiger partial charge in [-0.25, -0.2) is 9.67 Å². The molecular formula is C20H22F3N7O2. The van der Waals surface area contributed by atoms with Gasteiger partial charge in [0.1, 0.15) is 11.9 Å². The van der Waals surface area contributed by atoms with Crippen molar-refractivity contribution < 1.29 is 22.8 Å². The number of pyridine rings is 1. The van der Waals surface area contributed by atoms with E-state index in [0.717, 1.165) is 6.07 Å². The van der Waals surface area contributed by atoms with Crippen LogP contribution in [0, 0.1) is 12.8 Å². The van der Waals surface area contributed by atoms with Gasteiger partial charge in [-0.3, -0.25) is 14.7 Å². The van der Waals surface area contributed by atoms with Crippen LogP contribution >= 0.6 is 0 Å². The molecule has 1 unspecified atom stereocenters. The maximum Gasteiger partial charge on any atom is 0.417 e. The number of aromatic amines is 1. The third-order valence-electron chi connectivity index (χ3n) is 4.63. The Bertz CT molecular complexity index is 1070. The van der Waals surface area contributed by atoms with E-state index in [-0.39, 0.29) is 17.3 Å². The van der Waals surface area contributed by atoms with Gasteiger partial charge in [0.15, 0.2) is 5.82 Å². The molecule has 3 aromatic heterocycles. The Morgan fingerprint density at radius 2 is 1.94 bits per heavy atom. The molecule has 0 aliphatic heterocycles. The number of anilines is 1. The minimum absolute atomic E-state index is 0.119. The Hall–Kier alpha value is -3.70. The van der Waals surface area contributed by atoms with E-state index in [4.69, 9.17) is 0 Å². The Kier molecular flexibility index (Phi) is 6.61. The third-order valence-corrected chi connectivity index (χ3v) is 4.63. The second kappa shape index (κ2) is 9.20. The highest BCUT2D eigenvalue weighted by atomic mass is 19.4. The second-order valence-electron chi connectivity index (χ2n) is 7.57. The maximum atomic E-state index is 12.9. The van der Waals surface area contributed by atoms with E-state index in [1.165, 1.54) is 23.1 Å². The zero-order chi connectivity index (χ0) is 23.5. The van der Waals surface area contributed by atoms with Crippen molar-refractivity contribution in [2.75, 3.05) is 5.32 Å². The lowest BCUT2D eigenvalue weighted by molar-refractivity contribution is -0.137. The molecule has 170 valence electrons. The average Bonchev–Trinajstić information content (AvgIpc) is 3.36. The molecule has 0 aliphatic carbocycles. The average molecular weight is 449 g/mol. The Balaban J connectivity index is 1.77. The summed E-state index contributed by atoms with van der Waals surface area (Å²) in [5, 5.41) is 15.8. The monoisotopic (exact) mass is 449 g/mol. The molecule has 0 bridgehead atoms. The summed E-state index contributed by atoms with van der Waals surface area (Å²) in [5.74, 6) is -0.301. The van der Waals surface area contributed by atoms with Gasteiger partial charge in [-0.2, -0.15) is 23.4 Å². The van der Waals surface area contributed by atoms with Gasteiger partial charge in [0, 0.05) is 12.3 Å². The molecule has 0 aliphatic rings. The van der Waals surface area contributed by atoms with Crippen LogP contribution in [0.2, 0.25) is 0 Å². The van der Waals surface area contributed by atoms with Crippen molar-refractivity contribution in [3.63, 3.8) is 0 Å². The molecule has 0 aromatic carbocycles. The van der Waals surface area contributed by atoms with Gasteiger partial charge in [-0.05, 0) is 31.4 Å². The van der Waals surface area contributed by atoms with Crippen LogP contribution < -0.4 is 10.6 Å². The largest absolute Gasteiger partial charge is 0.417 e. The first-order valence-electron chi connectivity index (χ1n) is 9.75. The van der Waals surface area contributed by atoms with Crippen LogP contribution in [0.4, 0.5) is 19.0 Å². The lowest BCUT2D eigenvalue weighted by Crippen LogP contribution is -2.44. The van der Waals surface area contributed by atoms with Gasteiger partial charge in [0.2, 0.25) is 5.91 Å². The number of carbonyl (C=O) groups excluding carboxylic acids is 2. The van der Waals surface area contributed by atoms with Crippen LogP contribution in [0.15, 0.2) is 36.8 Å². The number of rotatable bonds is 7.